The number of hydrogen-bond donors (Lipinski definition) is 1. The number of fused-ring (bicyclic) bond motifs is 1. The van der Waals surface area contributed by atoms with E-state index in [0.29, 0.717) is 18.5 Å². The van der Waals surface area contributed by atoms with Gasteiger partial charge in [0.05, 0.1) is 18.4 Å². The molecule has 1 N–H and O–H groups in total. The number of hydrogen-bond acceptors (Lipinski definition) is 4. The molecule has 1 saturated heterocycles. The molecular formula is C20H22FN3O4. The second-order valence-electron chi connectivity index (χ2n) is 7.04. The summed E-state index contributed by atoms with van der Waals surface area (Å²) in [7, 11) is 1.46. The summed E-state index contributed by atoms with van der Waals surface area (Å²) in [5.41, 5.74) is 0.301. The molecule has 1 aromatic rings. The van der Waals surface area contributed by atoms with E-state index < -0.39 is 11.7 Å². The number of imide groups is 1. The number of likely N-dealkylation sites (N-methyl/N-ethyl adjacent to an activating group) is 1. The van der Waals surface area contributed by atoms with Crippen LogP contribution in [0.25, 0.3) is 0 Å². The van der Waals surface area contributed by atoms with Gasteiger partial charge in [0.2, 0.25) is 23.6 Å². The van der Waals surface area contributed by atoms with Crippen LogP contribution >= 0.6 is 0 Å². The van der Waals surface area contributed by atoms with E-state index >= 15 is 0 Å². The molecule has 148 valence electrons. The molecule has 1 aliphatic carbocycles. The predicted octanol–water partition coefficient (Wildman–Crippen LogP) is 1.56. The average molecular weight is 387 g/mol. The van der Waals surface area contributed by atoms with Gasteiger partial charge in [0.25, 0.3) is 0 Å². The molecule has 0 bridgehead atoms. The molecule has 0 radical (unpaired) electrons. The number of benzene rings is 1. The van der Waals surface area contributed by atoms with Crippen molar-refractivity contribution in [2.45, 2.75) is 19.3 Å². The Morgan fingerprint density at radius 3 is 2.43 bits per heavy atom. The Balaban J connectivity index is 1.48. The molecule has 7 nitrogen and oxygen atoms in total. The number of carbonyl (C=O) groups excluding carboxylic acids is 4. The lowest BCUT2D eigenvalue weighted by Gasteiger charge is -2.19. The van der Waals surface area contributed by atoms with Crippen LogP contribution in [-0.2, 0) is 19.2 Å². The molecule has 4 amide bonds. The van der Waals surface area contributed by atoms with E-state index in [2.05, 4.69) is 5.32 Å². The van der Waals surface area contributed by atoms with Gasteiger partial charge in [-0.2, -0.15) is 0 Å². The number of nitrogens with zero attached hydrogens (tertiary/aromatic N) is 2. The van der Waals surface area contributed by atoms with Crippen LogP contribution in [0, 0.1) is 17.7 Å². The zero-order valence-electron chi connectivity index (χ0n) is 15.6. The van der Waals surface area contributed by atoms with Crippen LogP contribution in [-0.4, -0.2) is 53.6 Å². The second kappa shape index (κ2) is 8.33. The highest BCUT2D eigenvalue weighted by molar-refractivity contribution is 6.05. The van der Waals surface area contributed by atoms with Crippen LogP contribution in [0.2, 0.25) is 0 Å². The van der Waals surface area contributed by atoms with Crippen LogP contribution in [0.15, 0.2) is 36.4 Å². The van der Waals surface area contributed by atoms with Crippen molar-refractivity contribution in [2.24, 2.45) is 11.8 Å². The first-order chi connectivity index (χ1) is 13.4. The Hall–Kier alpha value is -3.03. The van der Waals surface area contributed by atoms with Gasteiger partial charge in [0.15, 0.2) is 0 Å². The average Bonchev–Trinajstić information content (AvgIpc) is 2.90. The van der Waals surface area contributed by atoms with Crippen molar-refractivity contribution in [3.05, 3.63) is 42.2 Å². The maximum Gasteiger partial charge on any atom is 0.243 e. The molecule has 1 aliphatic heterocycles. The minimum atomic E-state index is -0.474. The number of halogens is 1. The highest BCUT2D eigenvalue weighted by Crippen LogP contribution is 2.35. The molecule has 1 fully saturated rings. The van der Waals surface area contributed by atoms with Crippen molar-refractivity contribution in [1.29, 1.82) is 0 Å². The van der Waals surface area contributed by atoms with Crippen molar-refractivity contribution in [3.63, 3.8) is 0 Å². The number of amides is 4. The van der Waals surface area contributed by atoms with Crippen LogP contribution in [0.5, 0.6) is 0 Å². The van der Waals surface area contributed by atoms with E-state index in [-0.39, 0.29) is 49.1 Å². The normalized spacial score (nSPS) is 20.9. The largest absolute Gasteiger partial charge is 0.336 e. The Morgan fingerprint density at radius 1 is 1.18 bits per heavy atom. The van der Waals surface area contributed by atoms with Gasteiger partial charge in [-0.15, -0.1) is 0 Å². The zero-order chi connectivity index (χ0) is 20.3. The molecule has 0 saturated carbocycles. The molecule has 2 atom stereocenters. The summed E-state index contributed by atoms with van der Waals surface area (Å²) in [5.74, 6) is -2.38. The summed E-state index contributed by atoms with van der Waals surface area (Å²) >= 11 is 0. The third-order valence-electron chi connectivity index (χ3n) is 5.06. The maximum atomic E-state index is 13.2. The molecular weight excluding hydrogens is 365 g/mol. The second-order valence-corrected chi connectivity index (χ2v) is 7.04. The molecule has 2 aliphatic rings. The third-order valence-corrected chi connectivity index (χ3v) is 5.06. The number of likely N-dealkylation sites (tertiary alicyclic amines) is 1. The molecule has 0 aromatic heterocycles. The summed E-state index contributed by atoms with van der Waals surface area (Å²) in [6, 6.07) is 5.45. The van der Waals surface area contributed by atoms with Gasteiger partial charge in [0, 0.05) is 25.7 Å². The molecule has 1 aromatic carbocycles. The number of allylic oxidation sites excluding steroid dienone is 2. The quantitative estimate of drug-likeness (QED) is 0.593. The molecule has 3 rings (SSSR count). The van der Waals surface area contributed by atoms with Gasteiger partial charge in [-0.3, -0.25) is 24.1 Å². The predicted molar refractivity (Wildman–Crippen MR) is 99.4 cm³/mol. The summed E-state index contributed by atoms with van der Waals surface area (Å²) < 4.78 is 13.2. The first-order valence-corrected chi connectivity index (χ1v) is 9.16. The lowest BCUT2D eigenvalue weighted by atomic mass is 9.85. The van der Waals surface area contributed by atoms with E-state index in [1.807, 2.05) is 12.2 Å². The summed E-state index contributed by atoms with van der Waals surface area (Å²) in [5, 5.41) is 2.52. The van der Waals surface area contributed by atoms with Crippen LogP contribution < -0.4 is 5.32 Å². The summed E-state index contributed by atoms with van der Waals surface area (Å²) in [6.07, 6.45) is 4.88. The van der Waals surface area contributed by atoms with E-state index in [1.54, 1.807) is 6.07 Å². The zero-order valence-corrected chi connectivity index (χ0v) is 15.6. The van der Waals surface area contributed by atoms with Gasteiger partial charge in [0.1, 0.15) is 5.82 Å². The van der Waals surface area contributed by atoms with Crippen molar-refractivity contribution in [3.8, 4) is 0 Å². The Morgan fingerprint density at radius 2 is 1.82 bits per heavy atom. The van der Waals surface area contributed by atoms with Crippen molar-refractivity contribution in [1.82, 2.24) is 9.80 Å². The molecule has 8 heteroatoms. The van der Waals surface area contributed by atoms with Crippen molar-refractivity contribution < 1.29 is 23.6 Å². The fraction of sp³-hybridized carbons (Fsp3) is 0.400. The van der Waals surface area contributed by atoms with E-state index in [4.69, 9.17) is 0 Å². The number of carbonyl (C=O) groups is 4. The van der Waals surface area contributed by atoms with Gasteiger partial charge in [-0.1, -0.05) is 18.2 Å². The highest BCUT2D eigenvalue weighted by Gasteiger charge is 2.46. The third kappa shape index (κ3) is 4.27. The van der Waals surface area contributed by atoms with Crippen molar-refractivity contribution >= 4 is 29.3 Å². The lowest BCUT2D eigenvalue weighted by Crippen LogP contribution is -2.38. The maximum absolute atomic E-state index is 13.2. The molecule has 1 heterocycles. The minimum absolute atomic E-state index is 0.0132. The first-order valence-electron chi connectivity index (χ1n) is 9.16. The summed E-state index contributed by atoms with van der Waals surface area (Å²) in [6.45, 7) is -0.203. The fourth-order valence-electron chi connectivity index (χ4n) is 3.56. The van der Waals surface area contributed by atoms with Gasteiger partial charge < -0.3 is 10.2 Å². The fourth-order valence-corrected chi connectivity index (χ4v) is 3.56. The highest BCUT2D eigenvalue weighted by atomic mass is 19.1. The number of nitrogens with one attached hydrogen (secondary N) is 1. The molecule has 0 unspecified atom stereocenters. The Labute approximate surface area is 162 Å². The van der Waals surface area contributed by atoms with Gasteiger partial charge in [-0.25, -0.2) is 4.39 Å². The van der Waals surface area contributed by atoms with Crippen LogP contribution in [0.1, 0.15) is 19.3 Å². The minimum Gasteiger partial charge on any atom is -0.336 e. The van der Waals surface area contributed by atoms with E-state index in [9.17, 15) is 23.6 Å². The SMILES string of the molecule is CN(CC(=O)Nc1cccc(F)c1)C(=O)CCN1C(=O)[C@@H]2CC=CC[C@H]2C1=O. The van der Waals surface area contributed by atoms with E-state index in [0.717, 1.165) is 0 Å². The van der Waals surface area contributed by atoms with Crippen molar-refractivity contribution in [2.75, 3.05) is 25.5 Å². The number of anilines is 1. The molecule has 0 spiro atoms. The van der Waals surface area contributed by atoms with Crippen LogP contribution in [0.3, 0.4) is 0 Å². The molecule has 28 heavy (non-hydrogen) atoms. The van der Waals surface area contributed by atoms with E-state index in [1.165, 1.54) is 35.0 Å². The topological polar surface area (TPSA) is 86.8 Å². The van der Waals surface area contributed by atoms with Gasteiger partial charge >= 0.3 is 0 Å². The smallest absolute Gasteiger partial charge is 0.243 e. The lowest BCUT2D eigenvalue weighted by molar-refractivity contribution is -0.141. The number of rotatable bonds is 6. The first kappa shape index (κ1) is 19.7. The summed E-state index contributed by atoms with van der Waals surface area (Å²) in [4.78, 5) is 51.5. The monoisotopic (exact) mass is 387 g/mol. The van der Waals surface area contributed by atoms with Crippen LogP contribution in [0.4, 0.5) is 10.1 Å². The Kier molecular flexibility index (Phi) is 5.87. The standard InChI is InChI=1S/C20H22FN3O4/c1-23(12-17(25)22-14-6-4-5-13(21)11-14)18(26)9-10-24-19(27)15-7-2-3-8-16(15)20(24)28/h2-6,11,15-16H,7-10,12H2,1H3,(H,22,25)/t15-,16-/m1/s1. The van der Waals surface area contributed by atoms with Gasteiger partial charge in [-0.05, 0) is 31.0 Å². The Bertz CT molecular complexity index is 812.